The van der Waals surface area contributed by atoms with Crippen LogP contribution < -0.4 is 10.6 Å². The van der Waals surface area contributed by atoms with Gasteiger partial charge in [-0.05, 0) is 24.1 Å². The number of rotatable bonds is 5. The lowest BCUT2D eigenvalue weighted by molar-refractivity contribution is -0.134. The molecule has 4 nitrogen and oxygen atoms in total. The summed E-state index contributed by atoms with van der Waals surface area (Å²) in [4.78, 5) is 11.9. The molecule has 1 unspecified atom stereocenters. The number of amides is 1. The van der Waals surface area contributed by atoms with Crippen LogP contribution in [0.15, 0.2) is 24.3 Å². The van der Waals surface area contributed by atoms with Crippen LogP contribution in [0.5, 0.6) is 0 Å². The van der Waals surface area contributed by atoms with E-state index in [1.54, 1.807) is 24.3 Å². The largest absolute Gasteiger partial charge is 0.389 e. The molecule has 0 spiro atoms. The van der Waals surface area contributed by atoms with E-state index in [0.29, 0.717) is 31.0 Å². The maximum absolute atomic E-state index is 12.2. The summed E-state index contributed by atoms with van der Waals surface area (Å²) in [7, 11) is 0. The Kier molecular flexibility index (Phi) is 5.79. The summed E-state index contributed by atoms with van der Waals surface area (Å²) < 4.78 is 41.9. The van der Waals surface area contributed by atoms with Crippen molar-refractivity contribution in [2.75, 3.05) is 25.1 Å². The minimum atomic E-state index is -4.17. The Bertz CT molecular complexity index is 500. The van der Waals surface area contributed by atoms with Crippen LogP contribution in [0.2, 0.25) is 0 Å². The molecule has 1 heterocycles. The van der Waals surface area contributed by atoms with Gasteiger partial charge in [-0.3, -0.25) is 4.79 Å². The van der Waals surface area contributed by atoms with E-state index in [2.05, 4.69) is 10.6 Å². The molecule has 1 fully saturated rings. The predicted octanol–water partition coefficient (Wildman–Crippen LogP) is 2.50. The van der Waals surface area contributed by atoms with Gasteiger partial charge >= 0.3 is 6.18 Å². The van der Waals surface area contributed by atoms with Crippen molar-refractivity contribution in [1.82, 2.24) is 5.32 Å². The lowest BCUT2D eigenvalue weighted by atomic mass is 10.1. The molecule has 0 aromatic heterocycles. The van der Waals surface area contributed by atoms with E-state index in [4.69, 9.17) is 4.74 Å². The normalized spacial score (nSPS) is 19.0. The predicted molar refractivity (Wildman–Crippen MR) is 76.7 cm³/mol. The van der Waals surface area contributed by atoms with Gasteiger partial charge in [-0.2, -0.15) is 13.2 Å². The van der Waals surface area contributed by atoms with E-state index in [0.717, 1.165) is 0 Å². The molecule has 1 atom stereocenters. The number of ether oxygens (including phenoxy) is 1. The Morgan fingerprint density at radius 2 is 2.23 bits per heavy atom. The molecule has 1 aromatic carbocycles. The van der Waals surface area contributed by atoms with Crippen LogP contribution in [-0.4, -0.2) is 37.9 Å². The Morgan fingerprint density at radius 3 is 2.91 bits per heavy atom. The molecular formula is C15H19F3N2O2. The zero-order valence-corrected chi connectivity index (χ0v) is 12.1. The second-order valence-electron chi connectivity index (χ2n) is 5.29. The minimum absolute atomic E-state index is 0.0258. The van der Waals surface area contributed by atoms with E-state index in [1.807, 2.05) is 0 Å². The van der Waals surface area contributed by atoms with Crippen LogP contribution in [0.3, 0.4) is 0 Å². The van der Waals surface area contributed by atoms with Crippen molar-refractivity contribution < 1.29 is 22.7 Å². The molecule has 122 valence electrons. The number of alkyl halides is 3. The molecule has 0 bridgehead atoms. The molecule has 2 N–H and O–H groups in total. The second kappa shape index (κ2) is 7.60. The molecule has 0 aliphatic carbocycles. The van der Waals surface area contributed by atoms with Gasteiger partial charge < -0.3 is 15.4 Å². The summed E-state index contributed by atoms with van der Waals surface area (Å²) in [6, 6.07) is 6.48. The lowest BCUT2D eigenvalue weighted by Crippen LogP contribution is -2.43. The van der Waals surface area contributed by atoms with Gasteiger partial charge in [0.1, 0.15) is 0 Å². The van der Waals surface area contributed by atoms with E-state index in [1.165, 1.54) is 0 Å². The first kappa shape index (κ1) is 16.8. The quantitative estimate of drug-likeness (QED) is 0.877. The van der Waals surface area contributed by atoms with Crippen LogP contribution in [0.1, 0.15) is 18.4 Å². The molecule has 1 aromatic rings. The van der Waals surface area contributed by atoms with Crippen molar-refractivity contribution in [2.45, 2.75) is 31.5 Å². The van der Waals surface area contributed by atoms with E-state index in [-0.39, 0.29) is 24.8 Å². The Labute approximate surface area is 127 Å². The van der Waals surface area contributed by atoms with Gasteiger partial charge in [-0.15, -0.1) is 0 Å². The van der Waals surface area contributed by atoms with Gasteiger partial charge in [0.15, 0.2) is 0 Å². The third-order valence-corrected chi connectivity index (χ3v) is 3.34. The smallest absolute Gasteiger partial charge is 0.378 e. The van der Waals surface area contributed by atoms with Crippen molar-refractivity contribution in [1.29, 1.82) is 0 Å². The van der Waals surface area contributed by atoms with Crippen LogP contribution in [0.25, 0.3) is 0 Å². The number of hydrogen-bond acceptors (Lipinski definition) is 3. The number of morpholine rings is 1. The number of benzene rings is 1. The summed E-state index contributed by atoms with van der Waals surface area (Å²) in [6.45, 7) is 1.84. The van der Waals surface area contributed by atoms with Gasteiger partial charge in [0, 0.05) is 31.1 Å². The maximum atomic E-state index is 12.2. The van der Waals surface area contributed by atoms with Crippen molar-refractivity contribution in [3.05, 3.63) is 29.8 Å². The topological polar surface area (TPSA) is 50.4 Å². The fourth-order valence-electron chi connectivity index (χ4n) is 2.28. The Balaban J connectivity index is 1.85. The molecule has 0 radical (unpaired) electrons. The highest BCUT2D eigenvalue weighted by atomic mass is 19.4. The van der Waals surface area contributed by atoms with Gasteiger partial charge in [-0.25, -0.2) is 0 Å². The number of halogens is 3. The van der Waals surface area contributed by atoms with E-state index in [9.17, 15) is 18.0 Å². The summed E-state index contributed by atoms with van der Waals surface area (Å²) in [5, 5.41) is 5.88. The molecule has 1 amide bonds. The number of carbonyl (C=O) groups excluding carboxylic acids is 1. The van der Waals surface area contributed by atoms with Crippen molar-refractivity contribution in [3.63, 3.8) is 0 Å². The fourth-order valence-corrected chi connectivity index (χ4v) is 2.28. The lowest BCUT2D eigenvalue weighted by Gasteiger charge is -2.23. The van der Waals surface area contributed by atoms with Crippen molar-refractivity contribution in [3.8, 4) is 0 Å². The highest BCUT2D eigenvalue weighted by Crippen LogP contribution is 2.23. The molecule has 1 saturated heterocycles. The third kappa shape index (κ3) is 6.03. The highest BCUT2D eigenvalue weighted by molar-refractivity contribution is 5.91. The SMILES string of the molecule is O=C(CC1COCCN1)Nc1cccc(CCC(F)(F)F)c1. The Hall–Kier alpha value is -1.60. The first-order valence-corrected chi connectivity index (χ1v) is 7.19. The van der Waals surface area contributed by atoms with Gasteiger partial charge in [0.2, 0.25) is 5.91 Å². The van der Waals surface area contributed by atoms with Crippen LogP contribution in [-0.2, 0) is 16.0 Å². The van der Waals surface area contributed by atoms with E-state index >= 15 is 0 Å². The van der Waals surface area contributed by atoms with Crippen molar-refractivity contribution >= 4 is 11.6 Å². The third-order valence-electron chi connectivity index (χ3n) is 3.34. The zero-order valence-electron chi connectivity index (χ0n) is 12.1. The summed E-state index contributed by atoms with van der Waals surface area (Å²) >= 11 is 0. The van der Waals surface area contributed by atoms with Crippen molar-refractivity contribution in [2.24, 2.45) is 0 Å². The molecule has 0 saturated carbocycles. The number of carbonyl (C=O) groups is 1. The molecule has 7 heteroatoms. The minimum Gasteiger partial charge on any atom is -0.378 e. The van der Waals surface area contributed by atoms with Gasteiger partial charge in [0.05, 0.1) is 13.2 Å². The Morgan fingerprint density at radius 1 is 1.41 bits per heavy atom. The van der Waals surface area contributed by atoms with Gasteiger partial charge in [0.25, 0.3) is 0 Å². The molecule has 22 heavy (non-hydrogen) atoms. The summed E-state index contributed by atoms with van der Waals surface area (Å²) in [6.07, 6.45) is -4.86. The summed E-state index contributed by atoms with van der Waals surface area (Å²) in [5.74, 6) is -0.184. The molecular weight excluding hydrogens is 297 g/mol. The van der Waals surface area contributed by atoms with Crippen LogP contribution in [0.4, 0.5) is 18.9 Å². The first-order chi connectivity index (χ1) is 10.4. The second-order valence-corrected chi connectivity index (χ2v) is 5.29. The molecule has 2 rings (SSSR count). The van der Waals surface area contributed by atoms with E-state index < -0.39 is 12.6 Å². The summed E-state index contributed by atoms with van der Waals surface area (Å²) in [5.41, 5.74) is 1.07. The standard InChI is InChI=1S/C15H19F3N2O2/c16-15(17,18)5-4-11-2-1-3-12(8-11)20-14(21)9-13-10-22-7-6-19-13/h1-3,8,13,19H,4-7,9-10H2,(H,20,21). The fraction of sp³-hybridized carbons (Fsp3) is 0.533. The highest BCUT2D eigenvalue weighted by Gasteiger charge is 2.26. The number of aryl methyl sites for hydroxylation is 1. The zero-order chi connectivity index (χ0) is 16.0. The monoisotopic (exact) mass is 316 g/mol. The maximum Gasteiger partial charge on any atom is 0.389 e. The number of anilines is 1. The average Bonchev–Trinajstić information content (AvgIpc) is 2.46. The van der Waals surface area contributed by atoms with Gasteiger partial charge in [-0.1, -0.05) is 12.1 Å². The number of hydrogen-bond donors (Lipinski definition) is 2. The average molecular weight is 316 g/mol. The number of nitrogens with one attached hydrogen (secondary N) is 2. The van der Waals surface area contributed by atoms with Crippen LogP contribution >= 0.6 is 0 Å². The van der Waals surface area contributed by atoms with Crippen LogP contribution in [0, 0.1) is 0 Å². The molecule has 1 aliphatic heterocycles. The first-order valence-electron chi connectivity index (χ1n) is 7.19. The molecule has 1 aliphatic rings.